The summed E-state index contributed by atoms with van der Waals surface area (Å²) in [6.45, 7) is 1.90. The Morgan fingerprint density at radius 1 is 1.59 bits per heavy atom. The number of benzene rings is 1. The van der Waals surface area contributed by atoms with Gasteiger partial charge in [-0.15, -0.1) is 0 Å². The van der Waals surface area contributed by atoms with Gasteiger partial charge in [-0.3, -0.25) is 0 Å². The highest BCUT2D eigenvalue weighted by Gasteiger charge is 2.10. The van der Waals surface area contributed by atoms with Gasteiger partial charge in [-0.2, -0.15) is 0 Å². The van der Waals surface area contributed by atoms with Gasteiger partial charge in [0.05, 0.1) is 19.2 Å². The minimum atomic E-state index is -0.388. The zero-order valence-electron chi connectivity index (χ0n) is 9.60. The van der Waals surface area contributed by atoms with Gasteiger partial charge in [0.15, 0.2) is 0 Å². The lowest BCUT2D eigenvalue weighted by molar-refractivity contribution is 0.0600. The van der Waals surface area contributed by atoms with E-state index in [-0.39, 0.29) is 12.5 Å². The summed E-state index contributed by atoms with van der Waals surface area (Å²) in [5.41, 5.74) is 10.1. The first-order chi connectivity index (χ1) is 8.20. The van der Waals surface area contributed by atoms with Crippen LogP contribution in [-0.2, 0) is 4.74 Å². The molecule has 0 aromatic heterocycles. The zero-order valence-corrected chi connectivity index (χ0v) is 9.60. The molecular weight excluding hydrogens is 218 g/mol. The molecule has 0 saturated heterocycles. The second-order valence-corrected chi connectivity index (χ2v) is 3.16. The number of carbonyl (C=O) groups is 1. The van der Waals surface area contributed by atoms with E-state index in [1.807, 2.05) is 0 Å². The van der Waals surface area contributed by atoms with Crippen molar-refractivity contribution in [2.75, 3.05) is 13.7 Å². The number of methoxy groups -OCH3 is 1. The summed E-state index contributed by atoms with van der Waals surface area (Å²) in [6.07, 6.45) is 0. The molecule has 0 aliphatic heterocycles. The van der Waals surface area contributed by atoms with Crippen LogP contribution in [0.5, 0.6) is 0 Å². The molecule has 0 spiro atoms. The van der Waals surface area contributed by atoms with E-state index in [1.165, 1.54) is 7.11 Å². The van der Waals surface area contributed by atoms with E-state index >= 15 is 0 Å². The molecule has 0 unspecified atom stereocenters. The molecule has 0 saturated carbocycles. The van der Waals surface area contributed by atoms with Crippen LogP contribution in [0.2, 0.25) is 0 Å². The highest BCUT2D eigenvalue weighted by molar-refractivity contribution is 5.91. The Labute approximate surface area is 99.0 Å². The van der Waals surface area contributed by atoms with Crippen molar-refractivity contribution in [3.63, 3.8) is 0 Å². The van der Waals surface area contributed by atoms with Crippen molar-refractivity contribution in [3.05, 3.63) is 45.3 Å². The fraction of sp³-hybridized carbons (Fsp3) is 0.250. The van der Waals surface area contributed by atoms with E-state index in [0.717, 1.165) is 11.1 Å². The van der Waals surface area contributed by atoms with Gasteiger partial charge >= 0.3 is 5.97 Å². The molecule has 0 heterocycles. The molecule has 0 amide bonds. The predicted octanol–water partition coefficient (Wildman–Crippen LogP) is 2.44. The fourth-order valence-corrected chi connectivity index (χ4v) is 1.30. The normalized spacial score (nSPS) is 8.59. The third-order valence-corrected chi connectivity index (χ3v) is 2.18. The Balaban J connectivity index is 3.04. The van der Waals surface area contributed by atoms with E-state index < -0.39 is 0 Å². The van der Waals surface area contributed by atoms with Gasteiger partial charge in [0.2, 0.25) is 0 Å². The van der Waals surface area contributed by atoms with Crippen LogP contribution in [0, 0.1) is 18.8 Å². The molecule has 1 aromatic rings. The Kier molecular flexibility index (Phi) is 4.61. The quantitative estimate of drug-likeness (QED) is 0.257. The molecule has 0 fully saturated rings. The lowest BCUT2D eigenvalue weighted by Gasteiger charge is -2.04. The van der Waals surface area contributed by atoms with E-state index in [2.05, 4.69) is 26.6 Å². The third-order valence-electron chi connectivity index (χ3n) is 2.18. The molecule has 1 rings (SSSR count). The molecule has 0 aliphatic rings. The Hall–Kier alpha value is -2.44. The SMILES string of the molecule is COC(=O)c1cccc(C#CCN=[N+]=[N-])c1C. The second kappa shape index (κ2) is 6.21. The predicted molar refractivity (Wildman–Crippen MR) is 63.4 cm³/mol. The number of esters is 1. The number of nitrogens with zero attached hydrogens (tertiary/aromatic N) is 3. The van der Waals surface area contributed by atoms with E-state index in [4.69, 9.17) is 5.53 Å². The molecule has 17 heavy (non-hydrogen) atoms. The van der Waals surface area contributed by atoms with Crippen LogP contribution in [0.3, 0.4) is 0 Å². The molecule has 0 bridgehead atoms. The number of rotatable bonds is 2. The monoisotopic (exact) mass is 229 g/mol. The topological polar surface area (TPSA) is 75.1 Å². The van der Waals surface area contributed by atoms with E-state index in [9.17, 15) is 4.79 Å². The van der Waals surface area contributed by atoms with E-state index in [0.29, 0.717) is 5.56 Å². The van der Waals surface area contributed by atoms with Gasteiger partial charge in [-0.1, -0.05) is 23.0 Å². The largest absolute Gasteiger partial charge is 0.465 e. The van der Waals surface area contributed by atoms with Crippen LogP contribution in [0.1, 0.15) is 21.5 Å². The maximum absolute atomic E-state index is 11.4. The molecule has 1 aromatic carbocycles. The van der Waals surface area contributed by atoms with Gasteiger partial charge in [0.1, 0.15) is 0 Å². The molecule has 86 valence electrons. The van der Waals surface area contributed by atoms with Gasteiger partial charge in [0.25, 0.3) is 0 Å². The summed E-state index contributed by atoms with van der Waals surface area (Å²) in [5.74, 6) is 5.16. The minimum Gasteiger partial charge on any atom is -0.465 e. The maximum atomic E-state index is 11.4. The number of carbonyl (C=O) groups excluding carboxylic acids is 1. The molecule has 0 N–H and O–H groups in total. The van der Waals surface area contributed by atoms with Crippen molar-refractivity contribution in [1.82, 2.24) is 0 Å². The molecule has 0 aliphatic carbocycles. The van der Waals surface area contributed by atoms with Crippen molar-refractivity contribution >= 4 is 5.97 Å². The first-order valence-corrected chi connectivity index (χ1v) is 4.88. The van der Waals surface area contributed by atoms with Gasteiger partial charge in [0, 0.05) is 10.5 Å². The second-order valence-electron chi connectivity index (χ2n) is 3.16. The van der Waals surface area contributed by atoms with Crippen molar-refractivity contribution < 1.29 is 9.53 Å². The smallest absolute Gasteiger partial charge is 0.338 e. The van der Waals surface area contributed by atoms with Crippen LogP contribution in [0.15, 0.2) is 23.3 Å². The zero-order chi connectivity index (χ0) is 12.7. The maximum Gasteiger partial charge on any atom is 0.338 e. The first-order valence-electron chi connectivity index (χ1n) is 4.88. The van der Waals surface area contributed by atoms with Crippen LogP contribution >= 0.6 is 0 Å². The molecular formula is C12H11N3O2. The fourth-order valence-electron chi connectivity index (χ4n) is 1.30. The van der Waals surface area contributed by atoms with Crippen LogP contribution in [0.4, 0.5) is 0 Å². The number of hydrogen-bond donors (Lipinski definition) is 0. The minimum absolute atomic E-state index is 0.110. The van der Waals surface area contributed by atoms with Crippen molar-refractivity contribution in [3.8, 4) is 11.8 Å². The first kappa shape index (κ1) is 12.6. The molecule has 0 atom stereocenters. The van der Waals surface area contributed by atoms with Crippen molar-refractivity contribution in [2.45, 2.75) is 6.92 Å². The third kappa shape index (κ3) is 3.26. The summed E-state index contributed by atoms with van der Waals surface area (Å²) in [6, 6.07) is 5.21. The van der Waals surface area contributed by atoms with Crippen LogP contribution in [-0.4, -0.2) is 19.6 Å². The molecule has 5 heteroatoms. The van der Waals surface area contributed by atoms with E-state index in [1.54, 1.807) is 25.1 Å². The molecule has 0 radical (unpaired) electrons. The van der Waals surface area contributed by atoms with Gasteiger partial charge < -0.3 is 4.74 Å². The Morgan fingerprint density at radius 2 is 2.35 bits per heavy atom. The number of hydrogen-bond acceptors (Lipinski definition) is 3. The number of ether oxygens (including phenoxy) is 1. The van der Waals surface area contributed by atoms with Gasteiger partial charge in [-0.05, 0) is 30.2 Å². The average molecular weight is 229 g/mol. The summed E-state index contributed by atoms with van der Waals surface area (Å²) >= 11 is 0. The standard InChI is InChI=1S/C12H11N3O2/c1-9-10(6-4-8-14-15-13)5-3-7-11(9)12(16)17-2/h3,5,7H,8H2,1-2H3. The van der Waals surface area contributed by atoms with Crippen LogP contribution in [0.25, 0.3) is 10.4 Å². The Bertz CT molecular complexity index is 534. The van der Waals surface area contributed by atoms with Crippen molar-refractivity contribution in [2.24, 2.45) is 5.11 Å². The lowest BCUT2D eigenvalue weighted by Crippen LogP contribution is -2.04. The Morgan fingerprint density at radius 3 is 3.00 bits per heavy atom. The summed E-state index contributed by atoms with van der Waals surface area (Å²) in [4.78, 5) is 14.0. The summed E-state index contributed by atoms with van der Waals surface area (Å²) in [7, 11) is 1.34. The van der Waals surface area contributed by atoms with Gasteiger partial charge in [-0.25, -0.2) is 4.79 Å². The molecule has 5 nitrogen and oxygen atoms in total. The van der Waals surface area contributed by atoms with Crippen molar-refractivity contribution in [1.29, 1.82) is 0 Å². The lowest BCUT2D eigenvalue weighted by atomic mass is 10.0. The number of azide groups is 1. The summed E-state index contributed by atoms with van der Waals surface area (Å²) < 4.78 is 4.66. The highest BCUT2D eigenvalue weighted by Crippen LogP contribution is 2.13. The summed E-state index contributed by atoms with van der Waals surface area (Å²) in [5, 5.41) is 3.31. The van der Waals surface area contributed by atoms with Crippen LogP contribution < -0.4 is 0 Å². The average Bonchev–Trinajstić information content (AvgIpc) is 2.35. The highest BCUT2D eigenvalue weighted by atomic mass is 16.5.